The number of likely N-dealkylation sites (N-methyl/N-ethyl adjacent to an activating group) is 1. The number of aryl methyl sites for hydroxylation is 1. The highest BCUT2D eigenvalue weighted by Gasteiger charge is 2.16. The molecule has 0 aliphatic carbocycles. The zero-order chi connectivity index (χ0) is 20.8. The number of aromatic nitrogens is 1. The van der Waals surface area contributed by atoms with Gasteiger partial charge >= 0.3 is 0 Å². The number of halogens is 1. The van der Waals surface area contributed by atoms with Crippen LogP contribution in [-0.2, 0) is 0 Å². The van der Waals surface area contributed by atoms with Crippen molar-refractivity contribution in [1.82, 2.24) is 9.88 Å². The van der Waals surface area contributed by atoms with Crippen molar-refractivity contribution in [2.24, 2.45) is 0 Å². The largest absolute Gasteiger partial charge is 0.493 e. The Bertz CT molecular complexity index is 1010. The maximum atomic E-state index is 12.8. The Morgan fingerprint density at radius 2 is 1.83 bits per heavy atom. The second kappa shape index (κ2) is 9.56. The first kappa shape index (κ1) is 20.9. The van der Waals surface area contributed by atoms with E-state index in [0.29, 0.717) is 35.9 Å². The SMILES string of the molecule is COc1ccccc1OCCN(C)C(=O)c1ccc(-c2cccc(Br)c2)nc1C. The summed E-state index contributed by atoms with van der Waals surface area (Å²) >= 11 is 3.48. The van der Waals surface area contributed by atoms with Crippen LogP contribution >= 0.6 is 15.9 Å². The van der Waals surface area contributed by atoms with Crippen LogP contribution in [0.25, 0.3) is 11.3 Å². The van der Waals surface area contributed by atoms with E-state index in [1.165, 1.54) is 0 Å². The molecule has 0 saturated heterocycles. The molecule has 1 heterocycles. The number of nitrogens with zero attached hydrogens (tertiary/aromatic N) is 2. The van der Waals surface area contributed by atoms with Gasteiger partial charge in [-0.15, -0.1) is 0 Å². The minimum absolute atomic E-state index is 0.0839. The highest BCUT2D eigenvalue weighted by molar-refractivity contribution is 9.10. The molecule has 3 aromatic rings. The first-order chi connectivity index (χ1) is 14.0. The van der Waals surface area contributed by atoms with Crippen LogP contribution in [0.4, 0.5) is 0 Å². The fraction of sp³-hybridized carbons (Fsp3) is 0.217. The lowest BCUT2D eigenvalue weighted by Gasteiger charge is -2.19. The molecule has 0 fully saturated rings. The Morgan fingerprint density at radius 3 is 2.52 bits per heavy atom. The van der Waals surface area contributed by atoms with Gasteiger partial charge in [0.25, 0.3) is 5.91 Å². The van der Waals surface area contributed by atoms with Gasteiger partial charge in [0.05, 0.1) is 30.6 Å². The predicted octanol–water partition coefficient (Wildman–Crippen LogP) is 4.98. The Balaban J connectivity index is 1.65. The summed E-state index contributed by atoms with van der Waals surface area (Å²) in [4.78, 5) is 19.1. The van der Waals surface area contributed by atoms with Crippen LogP contribution in [0.15, 0.2) is 65.1 Å². The van der Waals surface area contributed by atoms with Crippen LogP contribution in [-0.4, -0.2) is 43.1 Å². The molecule has 5 nitrogen and oxygen atoms in total. The maximum Gasteiger partial charge on any atom is 0.255 e. The van der Waals surface area contributed by atoms with Gasteiger partial charge in [-0.2, -0.15) is 0 Å². The monoisotopic (exact) mass is 454 g/mol. The topological polar surface area (TPSA) is 51.7 Å². The number of carbonyl (C=O) groups excluding carboxylic acids is 1. The summed E-state index contributed by atoms with van der Waals surface area (Å²) in [6.07, 6.45) is 0. The molecule has 6 heteroatoms. The highest BCUT2D eigenvalue weighted by atomic mass is 79.9. The van der Waals surface area contributed by atoms with Crippen molar-refractivity contribution >= 4 is 21.8 Å². The summed E-state index contributed by atoms with van der Waals surface area (Å²) in [5, 5.41) is 0. The molecule has 150 valence electrons. The fourth-order valence-electron chi connectivity index (χ4n) is 2.93. The van der Waals surface area contributed by atoms with Gasteiger partial charge in [0.2, 0.25) is 0 Å². The van der Waals surface area contributed by atoms with Crippen molar-refractivity contribution in [2.45, 2.75) is 6.92 Å². The molecule has 0 aliphatic rings. The van der Waals surface area contributed by atoms with E-state index in [4.69, 9.17) is 9.47 Å². The molecule has 0 spiro atoms. The van der Waals surface area contributed by atoms with E-state index in [0.717, 1.165) is 15.7 Å². The fourth-order valence-corrected chi connectivity index (χ4v) is 3.33. The first-order valence-electron chi connectivity index (χ1n) is 9.24. The van der Waals surface area contributed by atoms with Crippen LogP contribution in [0.2, 0.25) is 0 Å². The summed E-state index contributed by atoms with van der Waals surface area (Å²) < 4.78 is 12.0. The molecule has 1 aromatic heterocycles. The predicted molar refractivity (Wildman–Crippen MR) is 118 cm³/mol. The Morgan fingerprint density at radius 1 is 1.07 bits per heavy atom. The molecule has 2 aromatic carbocycles. The molecule has 1 amide bonds. The average molecular weight is 455 g/mol. The lowest BCUT2D eigenvalue weighted by Crippen LogP contribution is -2.31. The van der Waals surface area contributed by atoms with Crippen molar-refractivity contribution in [1.29, 1.82) is 0 Å². The molecule has 0 atom stereocenters. The van der Waals surface area contributed by atoms with E-state index >= 15 is 0 Å². The molecule has 0 N–H and O–H groups in total. The number of benzene rings is 2. The Labute approximate surface area is 179 Å². The number of ether oxygens (including phenoxy) is 2. The van der Waals surface area contributed by atoms with Gasteiger partial charge in [-0.3, -0.25) is 9.78 Å². The van der Waals surface area contributed by atoms with Crippen molar-refractivity contribution < 1.29 is 14.3 Å². The number of carbonyl (C=O) groups is 1. The zero-order valence-electron chi connectivity index (χ0n) is 16.7. The third kappa shape index (κ3) is 5.15. The standard InChI is InChI=1S/C23H23BrN2O3/c1-16-19(11-12-20(25-16)17-7-6-8-18(24)15-17)23(27)26(2)13-14-29-22-10-5-4-9-21(22)28-3/h4-12,15H,13-14H2,1-3H3. The van der Waals surface area contributed by atoms with Gasteiger partial charge in [0, 0.05) is 17.1 Å². The molecular formula is C23H23BrN2O3. The van der Waals surface area contributed by atoms with Gasteiger partial charge in [-0.1, -0.05) is 40.2 Å². The van der Waals surface area contributed by atoms with Gasteiger partial charge in [0.15, 0.2) is 11.5 Å². The number of pyridine rings is 1. The summed E-state index contributed by atoms with van der Waals surface area (Å²) in [5.41, 5.74) is 3.12. The zero-order valence-corrected chi connectivity index (χ0v) is 18.3. The molecule has 0 bridgehead atoms. The molecule has 0 aliphatic heterocycles. The van der Waals surface area contributed by atoms with Gasteiger partial charge < -0.3 is 14.4 Å². The summed E-state index contributed by atoms with van der Waals surface area (Å²) in [6.45, 7) is 2.67. The molecule has 29 heavy (non-hydrogen) atoms. The van der Waals surface area contributed by atoms with Crippen LogP contribution < -0.4 is 9.47 Å². The van der Waals surface area contributed by atoms with Crippen LogP contribution in [0.5, 0.6) is 11.5 Å². The smallest absolute Gasteiger partial charge is 0.255 e. The molecule has 3 rings (SSSR count). The number of hydrogen-bond acceptors (Lipinski definition) is 4. The van der Waals surface area contributed by atoms with Crippen molar-refractivity contribution in [3.05, 3.63) is 76.4 Å². The Kier molecular flexibility index (Phi) is 6.88. The van der Waals surface area contributed by atoms with E-state index in [1.54, 1.807) is 19.1 Å². The summed E-state index contributed by atoms with van der Waals surface area (Å²) in [7, 11) is 3.36. The van der Waals surface area contributed by atoms with Crippen LogP contribution in [0, 0.1) is 6.92 Å². The van der Waals surface area contributed by atoms with Crippen LogP contribution in [0.3, 0.4) is 0 Å². The number of rotatable bonds is 7. The normalized spacial score (nSPS) is 10.5. The molecular weight excluding hydrogens is 432 g/mol. The van der Waals surface area contributed by atoms with Gasteiger partial charge in [-0.05, 0) is 43.3 Å². The Hall–Kier alpha value is -2.86. The van der Waals surface area contributed by atoms with Gasteiger partial charge in [0.1, 0.15) is 6.61 Å². The number of hydrogen-bond donors (Lipinski definition) is 0. The number of methoxy groups -OCH3 is 1. The first-order valence-corrected chi connectivity index (χ1v) is 10.0. The van der Waals surface area contributed by atoms with E-state index < -0.39 is 0 Å². The lowest BCUT2D eigenvalue weighted by atomic mass is 10.1. The van der Waals surface area contributed by atoms with Crippen molar-refractivity contribution in [3.63, 3.8) is 0 Å². The second-order valence-electron chi connectivity index (χ2n) is 6.57. The lowest BCUT2D eigenvalue weighted by molar-refractivity contribution is 0.0772. The van der Waals surface area contributed by atoms with Gasteiger partial charge in [-0.25, -0.2) is 0 Å². The molecule has 0 saturated carbocycles. The molecule has 0 unspecified atom stereocenters. The maximum absolute atomic E-state index is 12.8. The van der Waals surface area contributed by atoms with Crippen molar-refractivity contribution in [2.75, 3.05) is 27.3 Å². The molecule has 0 radical (unpaired) electrons. The number of para-hydroxylation sites is 2. The average Bonchev–Trinajstić information content (AvgIpc) is 2.73. The highest BCUT2D eigenvalue weighted by Crippen LogP contribution is 2.26. The van der Waals surface area contributed by atoms with E-state index in [1.807, 2.05) is 67.6 Å². The third-order valence-electron chi connectivity index (χ3n) is 4.54. The minimum atomic E-state index is -0.0839. The summed E-state index contributed by atoms with van der Waals surface area (Å²) in [5.74, 6) is 1.25. The third-order valence-corrected chi connectivity index (χ3v) is 5.03. The number of amides is 1. The summed E-state index contributed by atoms with van der Waals surface area (Å²) in [6, 6.07) is 19.1. The van der Waals surface area contributed by atoms with E-state index in [-0.39, 0.29) is 5.91 Å². The van der Waals surface area contributed by atoms with Crippen LogP contribution in [0.1, 0.15) is 16.1 Å². The quantitative estimate of drug-likeness (QED) is 0.505. The van der Waals surface area contributed by atoms with E-state index in [9.17, 15) is 4.79 Å². The second-order valence-corrected chi connectivity index (χ2v) is 7.48. The van der Waals surface area contributed by atoms with Crippen molar-refractivity contribution in [3.8, 4) is 22.8 Å². The minimum Gasteiger partial charge on any atom is -0.493 e. The van der Waals surface area contributed by atoms with E-state index in [2.05, 4.69) is 20.9 Å².